The number of carbonyl (C=O) groups excluding carboxylic acids is 1. The van der Waals surface area contributed by atoms with E-state index in [-0.39, 0.29) is 17.6 Å². The number of benzene rings is 2. The fourth-order valence-corrected chi connectivity index (χ4v) is 3.01. The van der Waals surface area contributed by atoms with Gasteiger partial charge in [-0.15, -0.1) is 0 Å². The van der Waals surface area contributed by atoms with Crippen LogP contribution in [-0.4, -0.2) is 22.8 Å². The van der Waals surface area contributed by atoms with E-state index >= 15 is 0 Å². The molecule has 3 rings (SSSR count). The van der Waals surface area contributed by atoms with E-state index in [0.29, 0.717) is 5.56 Å². The zero-order valence-electron chi connectivity index (χ0n) is 12.2. The Labute approximate surface area is 128 Å². The maximum atomic E-state index is 12.6. The summed E-state index contributed by atoms with van der Waals surface area (Å²) in [4.78, 5) is 24.5. The summed E-state index contributed by atoms with van der Waals surface area (Å²) in [5, 5.41) is 10.7. The Hall–Kier alpha value is -2.69. The lowest BCUT2D eigenvalue weighted by Gasteiger charge is -2.25. The molecule has 1 amide bonds. The van der Waals surface area contributed by atoms with Crippen LogP contribution in [0.15, 0.2) is 48.5 Å². The molecule has 0 radical (unpaired) electrons. The molecule has 0 saturated heterocycles. The van der Waals surface area contributed by atoms with E-state index in [1.54, 1.807) is 11.9 Å². The van der Waals surface area contributed by atoms with E-state index in [4.69, 9.17) is 0 Å². The molecule has 112 valence electrons. The van der Waals surface area contributed by atoms with Crippen molar-refractivity contribution in [3.05, 3.63) is 75.3 Å². The van der Waals surface area contributed by atoms with E-state index in [0.717, 1.165) is 12.8 Å². The van der Waals surface area contributed by atoms with Gasteiger partial charge in [-0.1, -0.05) is 24.3 Å². The van der Waals surface area contributed by atoms with Gasteiger partial charge in [-0.25, -0.2) is 0 Å². The first kappa shape index (κ1) is 14.3. The number of hydrogen-bond donors (Lipinski definition) is 0. The molecule has 5 heteroatoms. The number of fused-ring (bicyclic) bond motifs is 1. The second kappa shape index (κ2) is 5.60. The van der Waals surface area contributed by atoms with Crippen molar-refractivity contribution in [1.29, 1.82) is 0 Å². The largest absolute Gasteiger partial charge is 0.335 e. The Bertz CT molecular complexity index is 725. The van der Waals surface area contributed by atoms with Crippen molar-refractivity contribution in [2.24, 2.45) is 0 Å². The molecule has 0 heterocycles. The number of carbonyl (C=O) groups is 1. The number of nitro benzene ring substituents is 1. The third kappa shape index (κ3) is 2.45. The van der Waals surface area contributed by atoms with Gasteiger partial charge in [0.15, 0.2) is 0 Å². The van der Waals surface area contributed by atoms with Gasteiger partial charge in [0.05, 0.1) is 11.0 Å². The average Bonchev–Trinajstić information content (AvgIpc) is 2.97. The molecule has 0 saturated carbocycles. The Kier molecular flexibility index (Phi) is 3.63. The summed E-state index contributed by atoms with van der Waals surface area (Å²) in [7, 11) is 1.79. The lowest BCUT2D eigenvalue weighted by Crippen LogP contribution is -2.30. The standard InChI is InChI=1S/C17H16N2O3/c1-18(16-11-8-12-4-2-3-5-15(12)16)17(20)13-6-9-14(10-7-13)19(21)22/h2-7,9-10,16H,8,11H2,1H3. The van der Waals surface area contributed by atoms with Crippen LogP contribution in [0.3, 0.4) is 0 Å². The highest BCUT2D eigenvalue weighted by atomic mass is 16.6. The molecular weight excluding hydrogens is 280 g/mol. The number of aryl methyl sites for hydroxylation is 1. The Balaban J connectivity index is 1.82. The van der Waals surface area contributed by atoms with Gasteiger partial charge in [-0.05, 0) is 36.1 Å². The molecule has 0 aromatic heterocycles. The summed E-state index contributed by atoms with van der Waals surface area (Å²) in [6, 6.07) is 14.0. The fraction of sp³-hybridized carbons (Fsp3) is 0.235. The van der Waals surface area contributed by atoms with Gasteiger partial charge >= 0.3 is 0 Å². The number of non-ortho nitro benzene ring substituents is 1. The van der Waals surface area contributed by atoms with Crippen LogP contribution in [0.1, 0.15) is 33.9 Å². The van der Waals surface area contributed by atoms with Crippen LogP contribution in [0, 0.1) is 10.1 Å². The quantitative estimate of drug-likeness (QED) is 0.644. The van der Waals surface area contributed by atoms with Crippen LogP contribution in [0.5, 0.6) is 0 Å². The number of amides is 1. The predicted octanol–water partition coefficient (Wildman–Crippen LogP) is 3.35. The number of hydrogen-bond acceptors (Lipinski definition) is 3. The molecule has 0 N–H and O–H groups in total. The molecule has 1 aliphatic rings. The summed E-state index contributed by atoms with van der Waals surface area (Å²) in [5.74, 6) is -0.114. The van der Waals surface area contributed by atoms with Crippen LogP contribution in [-0.2, 0) is 6.42 Å². The van der Waals surface area contributed by atoms with Crippen LogP contribution >= 0.6 is 0 Å². The molecule has 5 nitrogen and oxygen atoms in total. The average molecular weight is 296 g/mol. The van der Waals surface area contributed by atoms with E-state index in [2.05, 4.69) is 12.1 Å². The van der Waals surface area contributed by atoms with Gasteiger partial charge in [-0.2, -0.15) is 0 Å². The second-order valence-corrected chi connectivity index (χ2v) is 5.47. The minimum absolute atomic E-state index is 0.00887. The SMILES string of the molecule is CN(C(=O)c1ccc([N+](=O)[O-])cc1)C1CCc2ccccc21. The minimum Gasteiger partial charge on any atom is -0.335 e. The van der Waals surface area contributed by atoms with Crippen molar-refractivity contribution in [1.82, 2.24) is 4.90 Å². The zero-order chi connectivity index (χ0) is 15.7. The molecule has 1 atom stereocenters. The molecule has 0 fully saturated rings. The summed E-state index contributed by atoms with van der Waals surface area (Å²) in [6.45, 7) is 0. The number of nitrogens with zero attached hydrogens (tertiary/aromatic N) is 2. The normalized spacial score (nSPS) is 16.1. The van der Waals surface area contributed by atoms with E-state index in [9.17, 15) is 14.9 Å². The van der Waals surface area contributed by atoms with Crippen molar-refractivity contribution < 1.29 is 9.72 Å². The zero-order valence-corrected chi connectivity index (χ0v) is 12.2. The molecule has 0 aliphatic heterocycles. The van der Waals surface area contributed by atoms with Crippen molar-refractivity contribution in [2.45, 2.75) is 18.9 Å². The summed E-state index contributed by atoms with van der Waals surface area (Å²) in [6.07, 6.45) is 1.88. The van der Waals surface area contributed by atoms with E-state index in [1.165, 1.54) is 35.4 Å². The van der Waals surface area contributed by atoms with Crippen molar-refractivity contribution >= 4 is 11.6 Å². The van der Waals surface area contributed by atoms with Crippen molar-refractivity contribution in [2.75, 3.05) is 7.05 Å². The van der Waals surface area contributed by atoms with Gasteiger partial charge in [0.2, 0.25) is 0 Å². The molecule has 1 unspecified atom stereocenters. The van der Waals surface area contributed by atoms with Gasteiger partial charge < -0.3 is 4.90 Å². The van der Waals surface area contributed by atoms with Gasteiger partial charge in [0, 0.05) is 24.7 Å². The lowest BCUT2D eigenvalue weighted by molar-refractivity contribution is -0.384. The maximum Gasteiger partial charge on any atom is 0.269 e. The van der Waals surface area contributed by atoms with Gasteiger partial charge in [-0.3, -0.25) is 14.9 Å². The topological polar surface area (TPSA) is 63.5 Å². The third-order valence-electron chi connectivity index (χ3n) is 4.21. The highest BCUT2D eigenvalue weighted by Crippen LogP contribution is 2.35. The van der Waals surface area contributed by atoms with Crippen LogP contribution in [0.2, 0.25) is 0 Å². The predicted molar refractivity (Wildman–Crippen MR) is 82.7 cm³/mol. The highest BCUT2D eigenvalue weighted by Gasteiger charge is 2.28. The molecule has 0 spiro atoms. The molecule has 0 bridgehead atoms. The Morgan fingerprint density at radius 1 is 1.18 bits per heavy atom. The van der Waals surface area contributed by atoms with Crippen LogP contribution in [0.25, 0.3) is 0 Å². The maximum absolute atomic E-state index is 12.6. The monoisotopic (exact) mass is 296 g/mol. The molecule has 2 aromatic carbocycles. The first-order chi connectivity index (χ1) is 10.6. The molecule has 22 heavy (non-hydrogen) atoms. The first-order valence-corrected chi connectivity index (χ1v) is 7.17. The molecule has 2 aromatic rings. The Morgan fingerprint density at radius 3 is 2.55 bits per heavy atom. The van der Waals surface area contributed by atoms with E-state index in [1.807, 2.05) is 12.1 Å². The smallest absolute Gasteiger partial charge is 0.269 e. The van der Waals surface area contributed by atoms with Crippen LogP contribution in [0.4, 0.5) is 5.69 Å². The molecule has 1 aliphatic carbocycles. The van der Waals surface area contributed by atoms with Crippen LogP contribution < -0.4 is 0 Å². The number of nitro groups is 1. The van der Waals surface area contributed by atoms with Gasteiger partial charge in [0.25, 0.3) is 11.6 Å². The van der Waals surface area contributed by atoms with E-state index < -0.39 is 4.92 Å². The minimum atomic E-state index is -0.467. The first-order valence-electron chi connectivity index (χ1n) is 7.17. The third-order valence-corrected chi connectivity index (χ3v) is 4.21. The summed E-state index contributed by atoms with van der Waals surface area (Å²) < 4.78 is 0. The Morgan fingerprint density at radius 2 is 1.86 bits per heavy atom. The highest BCUT2D eigenvalue weighted by molar-refractivity contribution is 5.94. The number of rotatable bonds is 3. The second-order valence-electron chi connectivity index (χ2n) is 5.47. The van der Waals surface area contributed by atoms with Crippen molar-refractivity contribution in [3.63, 3.8) is 0 Å². The van der Waals surface area contributed by atoms with Crippen molar-refractivity contribution in [3.8, 4) is 0 Å². The molecular formula is C17H16N2O3. The summed E-state index contributed by atoms with van der Waals surface area (Å²) >= 11 is 0. The summed E-state index contributed by atoms with van der Waals surface area (Å²) in [5.41, 5.74) is 2.94. The van der Waals surface area contributed by atoms with Gasteiger partial charge in [0.1, 0.15) is 0 Å². The fourth-order valence-electron chi connectivity index (χ4n) is 3.01. The lowest BCUT2D eigenvalue weighted by atomic mass is 10.1.